The molecule has 0 amide bonds. The van der Waals surface area contributed by atoms with Crippen molar-refractivity contribution < 1.29 is 4.74 Å². The Morgan fingerprint density at radius 1 is 1.15 bits per heavy atom. The minimum atomic E-state index is 0.0358. The normalized spacial score (nSPS) is 12.6. The summed E-state index contributed by atoms with van der Waals surface area (Å²) < 4.78 is 5.71. The van der Waals surface area contributed by atoms with Crippen molar-refractivity contribution in [2.45, 2.75) is 60.0 Å². The van der Waals surface area contributed by atoms with Crippen LogP contribution in [-0.2, 0) is 6.54 Å². The number of rotatable bonds is 5. The largest absolute Gasteiger partial charge is 0.478 e. The number of pyridine rings is 1. The van der Waals surface area contributed by atoms with Crippen molar-refractivity contribution in [3.05, 3.63) is 22.8 Å². The van der Waals surface area contributed by atoms with E-state index in [1.807, 2.05) is 12.1 Å². The Kier molecular flexibility index (Phi) is 5.84. The van der Waals surface area contributed by atoms with Crippen molar-refractivity contribution in [3.63, 3.8) is 0 Å². The fraction of sp³-hybridized carbons (Fsp3) is 0.688. The molecular formula is C16H27ClN2O. The average molecular weight is 299 g/mol. The summed E-state index contributed by atoms with van der Waals surface area (Å²) in [5.74, 6) is 0.643. The first kappa shape index (κ1) is 17.3. The Morgan fingerprint density at radius 2 is 1.80 bits per heavy atom. The summed E-state index contributed by atoms with van der Waals surface area (Å²) in [7, 11) is 0. The second-order valence-electron chi connectivity index (χ2n) is 7.34. The van der Waals surface area contributed by atoms with Crippen LogP contribution in [0.2, 0.25) is 5.02 Å². The lowest BCUT2D eigenvalue weighted by atomic mass is 9.93. The zero-order chi connectivity index (χ0) is 15.4. The molecule has 0 aliphatic heterocycles. The number of ether oxygens (including phenoxy) is 1. The summed E-state index contributed by atoms with van der Waals surface area (Å²) in [5.41, 5.74) is 1.13. The van der Waals surface area contributed by atoms with Crippen molar-refractivity contribution in [3.8, 4) is 5.88 Å². The average Bonchev–Trinajstić information content (AvgIpc) is 2.27. The summed E-state index contributed by atoms with van der Waals surface area (Å²) in [4.78, 5) is 4.48. The van der Waals surface area contributed by atoms with E-state index in [1.54, 1.807) is 0 Å². The lowest BCUT2D eigenvalue weighted by Crippen LogP contribution is -2.35. The molecule has 0 bridgehead atoms. The predicted molar refractivity (Wildman–Crippen MR) is 85.4 cm³/mol. The molecule has 20 heavy (non-hydrogen) atoms. The van der Waals surface area contributed by atoms with E-state index in [1.165, 1.54) is 0 Å². The Balaban J connectivity index is 2.62. The lowest BCUT2D eigenvalue weighted by Gasteiger charge is -2.21. The van der Waals surface area contributed by atoms with E-state index >= 15 is 0 Å². The van der Waals surface area contributed by atoms with Gasteiger partial charge in [0, 0.05) is 18.2 Å². The molecule has 4 heteroatoms. The van der Waals surface area contributed by atoms with Gasteiger partial charge in [-0.2, -0.15) is 0 Å². The van der Waals surface area contributed by atoms with E-state index in [-0.39, 0.29) is 11.0 Å². The summed E-state index contributed by atoms with van der Waals surface area (Å²) >= 11 is 6.17. The van der Waals surface area contributed by atoms with Crippen LogP contribution in [0, 0.1) is 5.41 Å². The van der Waals surface area contributed by atoms with Gasteiger partial charge in [0.05, 0.1) is 17.3 Å². The molecule has 0 spiro atoms. The Hall–Kier alpha value is -0.800. The highest BCUT2D eigenvalue weighted by Crippen LogP contribution is 2.21. The van der Waals surface area contributed by atoms with Gasteiger partial charge in [0.1, 0.15) is 0 Å². The SMILES string of the molecule is CC(C)(C)CCOc1ccc(Cl)c(CNC(C)(C)C)n1. The summed E-state index contributed by atoms with van der Waals surface area (Å²) in [6.07, 6.45) is 0.993. The van der Waals surface area contributed by atoms with Gasteiger partial charge in [0.15, 0.2) is 0 Å². The van der Waals surface area contributed by atoms with Crippen molar-refractivity contribution in [2.24, 2.45) is 5.41 Å². The highest BCUT2D eigenvalue weighted by atomic mass is 35.5. The molecule has 114 valence electrons. The molecule has 0 fully saturated rings. The smallest absolute Gasteiger partial charge is 0.213 e. The molecule has 0 aliphatic rings. The molecule has 0 atom stereocenters. The standard InChI is InChI=1S/C16H27ClN2O/c1-15(2,3)9-10-20-14-8-7-12(17)13(19-14)11-18-16(4,5)6/h7-8,18H,9-11H2,1-6H3. The summed E-state index contributed by atoms with van der Waals surface area (Å²) in [6, 6.07) is 3.67. The van der Waals surface area contributed by atoms with Gasteiger partial charge in [-0.05, 0) is 38.7 Å². The Morgan fingerprint density at radius 3 is 2.35 bits per heavy atom. The highest BCUT2D eigenvalue weighted by molar-refractivity contribution is 6.31. The maximum Gasteiger partial charge on any atom is 0.213 e. The van der Waals surface area contributed by atoms with Crippen LogP contribution >= 0.6 is 11.6 Å². The molecular weight excluding hydrogens is 272 g/mol. The molecule has 3 nitrogen and oxygen atoms in total. The third-order valence-electron chi connectivity index (χ3n) is 2.78. The molecule has 1 aromatic heterocycles. The van der Waals surface area contributed by atoms with Crippen LogP contribution in [0.15, 0.2) is 12.1 Å². The van der Waals surface area contributed by atoms with Gasteiger partial charge < -0.3 is 10.1 Å². The van der Waals surface area contributed by atoms with Crippen LogP contribution in [0.3, 0.4) is 0 Å². The van der Waals surface area contributed by atoms with Crippen LogP contribution in [0.4, 0.5) is 0 Å². The van der Waals surface area contributed by atoms with E-state index in [4.69, 9.17) is 16.3 Å². The summed E-state index contributed by atoms with van der Waals surface area (Å²) in [5, 5.41) is 4.06. The Bertz CT molecular complexity index is 433. The minimum Gasteiger partial charge on any atom is -0.478 e. The van der Waals surface area contributed by atoms with Crippen LogP contribution in [0.5, 0.6) is 5.88 Å². The number of nitrogens with one attached hydrogen (secondary N) is 1. The molecule has 0 saturated heterocycles. The monoisotopic (exact) mass is 298 g/mol. The first-order valence-corrected chi connectivity index (χ1v) is 7.48. The predicted octanol–water partition coefficient (Wildman–Crippen LogP) is 4.44. The number of nitrogens with zero attached hydrogens (tertiary/aromatic N) is 1. The van der Waals surface area contributed by atoms with Gasteiger partial charge in [-0.15, -0.1) is 0 Å². The molecule has 0 aromatic carbocycles. The molecule has 1 heterocycles. The van der Waals surface area contributed by atoms with Crippen molar-refractivity contribution in [1.82, 2.24) is 10.3 Å². The molecule has 0 aliphatic carbocycles. The van der Waals surface area contributed by atoms with Gasteiger partial charge in [-0.3, -0.25) is 0 Å². The lowest BCUT2D eigenvalue weighted by molar-refractivity contribution is 0.235. The third kappa shape index (κ3) is 7.11. The first-order chi connectivity index (χ1) is 9.07. The topological polar surface area (TPSA) is 34.1 Å². The molecule has 0 saturated carbocycles. The van der Waals surface area contributed by atoms with Crippen LogP contribution in [0.25, 0.3) is 0 Å². The molecule has 1 rings (SSSR count). The number of halogens is 1. The van der Waals surface area contributed by atoms with Gasteiger partial charge in [0.2, 0.25) is 5.88 Å². The quantitative estimate of drug-likeness (QED) is 0.872. The molecule has 1 N–H and O–H groups in total. The Labute approximate surface area is 128 Å². The fourth-order valence-electron chi connectivity index (χ4n) is 1.48. The van der Waals surface area contributed by atoms with E-state index in [9.17, 15) is 0 Å². The van der Waals surface area contributed by atoms with E-state index in [0.29, 0.717) is 24.1 Å². The van der Waals surface area contributed by atoms with E-state index in [2.05, 4.69) is 51.8 Å². The first-order valence-electron chi connectivity index (χ1n) is 7.10. The zero-order valence-electron chi connectivity index (χ0n) is 13.5. The van der Waals surface area contributed by atoms with Gasteiger partial charge >= 0.3 is 0 Å². The second kappa shape index (κ2) is 6.77. The number of aromatic nitrogens is 1. The van der Waals surface area contributed by atoms with Gasteiger partial charge in [0.25, 0.3) is 0 Å². The third-order valence-corrected chi connectivity index (χ3v) is 3.13. The minimum absolute atomic E-state index is 0.0358. The maximum absolute atomic E-state index is 6.17. The van der Waals surface area contributed by atoms with Crippen molar-refractivity contribution >= 4 is 11.6 Å². The van der Waals surface area contributed by atoms with E-state index < -0.39 is 0 Å². The van der Waals surface area contributed by atoms with Crippen LogP contribution in [0.1, 0.15) is 53.7 Å². The van der Waals surface area contributed by atoms with Crippen molar-refractivity contribution in [1.29, 1.82) is 0 Å². The fourth-order valence-corrected chi connectivity index (χ4v) is 1.65. The van der Waals surface area contributed by atoms with Crippen LogP contribution in [-0.4, -0.2) is 17.1 Å². The van der Waals surface area contributed by atoms with Crippen molar-refractivity contribution in [2.75, 3.05) is 6.61 Å². The van der Waals surface area contributed by atoms with Gasteiger partial charge in [-0.1, -0.05) is 32.4 Å². The zero-order valence-corrected chi connectivity index (χ0v) is 14.3. The molecule has 1 aromatic rings. The maximum atomic E-state index is 6.17. The highest BCUT2D eigenvalue weighted by Gasteiger charge is 2.13. The number of hydrogen-bond acceptors (Lipinski definition) is 3. The molecule has 0 unspecified atom stereocenters. The number of hydrogen-bond donors (Lipinski definition) is 1. The molecule has 0 radical (unpaired) electrons. The second-order valence-corrected chi connectivity index (χ2v) is 7.75. The summed E-state index contributed by atoms with van der Waals surface area (Å²) in [6.45, 7) is 14.3. The van der Waals surface area contributed by atoms with E-state index in [0.717, 1.165) is 12.1 Å². The van der Waals surface area contributed by atoms with Crippen LogP contribution < -0.4 is 10.1 Å². The van der Waals surface area contributed by atoms with Gasteiger partial charge in [-0.25, -0.2) is 4.98 Å².